The summed E-state index contributed by atoms with van der Waals surface area (Å²) >= 11 is 0. The number of hydrogen-bond acceptors (Lipinski definition) is 3. The van der Waals surface area contributed by atoms with E-state index in [-0.39, 0.29) is 17.4 Å². The third kappa shape index (κ3) is 1.65. The Hall–Kier alpha value is -0.570. The lowest BCUT2D eigenvalue weighted by Gasteiger charge is -2.53. The summed E-state index contributed by atoms with van der Waals surface area (Å²) in [4.78, 5) is 12.0. The van der Waals surface area contributed by atoms with Crippen LogP contribution in [-0.4, -0.2) is 18.6 Å². The smallest absolute Gasteiger partial charge is 0.312 e. The number of ether oxygens (including phenoxy) is 1. The Morgan fingerprint density at radius 3 is 2.12 bits per heavy atom. The van der Waals surface area contributed by atoms with Crippen molar-refractivity contribution >= 4 is 5.97 Å². The Balaban J connectivity index is 2.08. The molecule has 3 fully saturated rings. The van der Waals surface area contributed by atoms with Gasteiger partial charge >= 0.3 is 5.97 Å². The second kappa shape index (κ2) is 4.02. The van der Waals surface area contributed by atoms with Crippen LogP contribution in [0.3, 0.4) is 0 Å². The molecule has 0 spiro atoms. The van der Waals surface area contributed by atoms with Crippen molar-refractivity contribution in [3.63, 3.8) is 0 Å². The zero-order valence-corrected chi connectivity index (χ0v) is 10.4. The largest absolute Gasteiger partial charge is 0.466 e. The summed E-state index contributed by atoms with van der Waals surface area (Å²) in [5.41, 5.74) is 6.25. The number of nitrogens with two attached hydrogens (primary N) is 1. The van der Waals surface area contributed by atoms with Gasteiger partial charge in [-0.25, -0.2) is 0 Å². The molecule has 0 aliphatic heterocycles. The topological polar surface area (TPSA) is 52.3 Å². The fourth-order valence-electron chi connectivity index (χ4n) is 3.49. The molecule has 3 saturated carbocycles. The fourth-order valence-corrected chi connectivity index (χ4v) is 3.49. The molecule has 16 heavy (non-hydrogen) atoms. The molecule has 0 aromatic rings. The third-order valence-corrected chi connectivity index (χ3v) is 4.98. The quantitative estimate of drug-likeness (QED) is 0.749. The van der Waals surface area contributed by atoms with Crippen LogP contribution >= 0.6 is 0 Å². The van der Waals surface area contributed by atoms with Crippen LogP contribution in [0, 0.1) is 10.8 Å². The van der Waals surface area contributed by atoms with E-state index in [0.29, 0.717) is 12.0 Å². The molecule has 3 heteroatoms. The zero-order chi connectivity index (χ0) is 11.8. The van der Waals surface area contributed by atoms with Gasteiger partial charge in [0.1, 0.15) is 0 Å². The number of carbonyl (C=O) groups is 1. The molecule has 0 heterocycles. The summed E-state index contributed by atoms with van der Waals surface area (Å²) in [6.07, 6.45) is 6.24. The first-order valence-electron chi connectivity index (χ1n) is 6.47. The van der Waals surface area contributed by atoms with Crippen LogP contribution in [-0.2, 0) is 9.53 Å². The Morgan fingerprint density at radius 2 is 1.75 bits per heavy atom. The average Bonchev–Trinajstić information content (AvgIpc) is 2.31. The minimum Gasteiger partial charge on any atom is -0.466 e. The van der Waals surface area contributed by atoms with E-state index >= 15 is 0 Å². The lowest BCUT2D eigenvalue weighted by atomic mass is 9.52. The van der Waals surface area contributed by atoms with Crippen LogP contribution in [0.15, 0.2) is 0 Å². The van der Waals surface area contributed by atoms with Gasteiger partial charge in [-0.15, -0.1) is 0 Å². The number of fused-ring (bicyclic) bond motifs is 3. The SMILES string of the molecule is CCOC(=O)C12CCC(C(C)N)(CC1)CC2. The molecule has 92 valence electrons. The molecule has 3 nitrogen and oxygen atoms in total. The first-order chi connectivity index (χ1) is 7.55. The summed E-state index contributed by atoms with van der Waals surface area (Å²) in [6.45, 7) is 4.49. The number of esters is 1. The summed E-state index contributed by atoms with van der Waals surface area (Å²) < 4.78 is 5.22. The highest BCUT2D eigenvalue weighted by atomic mass is 16.5. The lowest BCUT2D eigenvalue weighted by Crippen LogP contribution is -2.52. The fraction of sp³-hybridized carbons (Fsp3) is 0.923. The summed E-state index contributed by atoms with van der Waals surface area (Å²) in [7, 11) is 0. The number of carbonyl (C=O) groups excluding carboxylic acids is 1. The maximum absolute atomic E-state index is 12.0. The van der Waals surface area contributed by atoms with E-state index in [1.54, 1.807) is 0 Å². The predicted molar refractivity (Wildman–Crippen MR) is 62.9 cm³/mol. The Bertz CT molecular complexity index is 261. The maximum atomic E-state index is 12.0. The molecular formula is C13H23NO2. The van der Waals surface area contributed by atoms with Crippen LogP contribution in [0.4, 0.5) is 0 Å². The zero-order valence-electron chi connectivity index (χ0n) is 10.4. The Morgan fingerprint density at radius 1 is 1.25 bits per heavy atom. The van der Waals surface area contributed by atoms with Gasteiger partial charge in [-0.3, -0.25) is 4.79 Å². The van der Waals surface area contributed by atoms with Gasteiger partial charge in [0.05, 0.1) is 12.0 Å². The first kappa shape index (κ1) is 11.9. The summed E-state index contributed by atoms with van der Waals surface area (Å²) in [5.74, 6) is 0.0352. The summed E-state index contributed by atoms with van der Waals surface area (Å²) in [5, 5.41) is 0. The Kier molecular flexibility index (Phi) is 2.99. The van der Waals surface area contributed by atoms with E-state index in [9.17, 15) is 4.79 Å². The number of rotatable bonds is 3. The second-order valence-electron chi connectivity index (χ2n) is 5.65. The monoisotopic (exact) mass is 225 g/mol. The first-order valence-corrected chi connectivity index (χ1v) is 6.47. The van der Waals surface area contributed by atoms with Gasteiger partial charge in [0.2, 0.25) is 0 Å². The van der Waals surface area contributed by atoms with Crippen molar-refractivity contribution in [2.24, 2.45) is 16.6 Å². The highest BCUT2D eigenvalue weighted by molar-refractivity contribution is 5.77. The van der Waals surface area contributed by atoms with E-state index in [0.717, 1.165) is 38.5 Å². The van der Waals surface area contributed by atoms with Gasteiger partial charge in [-0.1, -0.05) is 0 Å². The van der Waals surface area contributed by atoms with Crippen LogP contribution in [0.1, 0.15) is 52.4 Å². The standard InChI is InChI=1S/C13H23NO2/c1-3-16-11(15)13-7-4-12(5-8-13,6-9-13)10(2)14/h10H,3-9,14H2,1-2H3. The Labute approximate surface area is 97.7 Å². The molecular weight excluding hydrogens is 202 g/mol. The normalized spacial score (nSPS) is 39.4. The van der Waals surface area contributed by atoms with Crippen molar-refractivity contribution < 1.29 is 9.53 Å². The molecule has 3 rings (SSSR count). The van der Waals surface area contributed by atoms with Crippen molar-refractivity contribution in [2.45, 2.75) is 58.4 Å². The van der Waals surface area contributed by atoms with Crippen molar-refractivity contribution in [1.82, 2.24) is 0 Å². The molecule has 3 aliphatic carbocycles. The van der Waals surface area contributed by atoms with Gasteiger partial charge in [0.15, 0.2) is 0 Å². The molecule has 2 N–H and O–H groups in total. The van der Waals surface area contributed by atoms with E-state index in [2.05, 4.69) is 6.92 Å². The minimum absolute atomic E-state index is 0.0352. The lowest BCUT2D eigenvalue weighted by molar-refractivity contribution is -0.166. The second-order valence-corrected chi connectivity index (χ2v) is 5.65. The van der Waals surface area contributed by atoms with Gasteiger partial charge in [-0.05, 0) is 57.8 Å². The molecule has 0 saturated heterocycles. The van der Waals surface area contributed by atoms with Crippen LogP contribution in [0.2, 0.25) is 0 Å². The van der Waals surface area contributed by atoms with E-state index in [1.165, 1.54) is 0 Å². The van der Waals surface area contributed by atoms with Crippen LogP contribution in [0.25, 0.3) is 0 Å². The van der Waals surface area contributed by atoms with E-state index in [1.807, 2.05) is 6.92 Å². The number of hydrogen-bond donors (Lipinski definition) is 1. The van der Waals surface area contributed by atoms with Crippen LogP contribution in [0.5, 0.6) is 0 Å². The summed E-state index contributed by atoms with van der Waals surface area (Å²) in [6, 6.07) is 0.257. The van der Waals surface area contributed by atoms with E-state index < -0.39 is 0 Å². The molecule has 1 unspecified atom stereocenters. The van der Waals surface area contributed by atoms with Gasteiger partial charge in [0.25, 0.3) is 0 Å². The van der Waals surface area contributed by atoms with Crippen molar-refractivity contribution in [3.8, 4) is 0 Å². The molecule has 0 amide bonds. The van der Waals surface area contributed by atoms with Crippen molar-refractivity contribution in [3.05, 3.63) is 0 Å². The highest BCUT2D eigenvalue weighted by Gasteiger charge is 2.54. The molecule has 0 aromatic carbocycles. The molecule has 3 aliphatic rings. The molecule has 1 atom stereocenters. The van der Waals surface area contributed by atoms with Gasteiger partial charge < -0.3 is 10.5 Å². The van der Waals surface area contributed by atoms with Crippen LogP contribution < -0.4 is 5.73 Å². The highest BCUT2D eigenvalue weighted by Crippen LogP contribution is 2.58. The minimum atomic E-state index is -0.160. The molecule has 2 bridgehead atoms. The van der Waals surface area contributed by atoms with Crippen molar-refractivity contribution in [2.75, 3.05) is 6.61 Å². The third-order valence-electron chi connectivity index (χ3n) is 4.98. The van der Waals surface area contributed by atoms with Crippen molar-refractivity contribution in [1.29, 1.82) is 0 Å². The molecule has 0 aromatic heterocycles. The molecule has 0 radical (unpaired) electrons. The van der Waals surface area contributed by atoms with E-state index in [4.69, 9.17) is 10.5 Å². The maximum Gasteiger partial charge on any atom is 0.312 e. The van der Waals surface area contributed by atoms with Gasteiger partial charge in [-0.2, -0.15) is 0 Å². The average molecular weight is 225 g/mol. The van der Waals surface area contributed by atoms with Gasteiger partial charge in [0, 0.05) is 6.04 Å². The predicted octanol–water partition coefficient (Wildman–Crippen LogP) is 2.24.